The monoisotopic (exact) mass is 238 g/mol. The van der Waals surface area contributed by atoms with Gasteiger partial charge in [0.25, 0.3) is 0 Å². The summed E-state index contributed by atoms with van der Waals surface area (Å²) >= 11 is 0. The Bertz CT molecular complexity index is 391. The van der Waals surface area contributed by atoms with Gasteiger partial charge in [0.15, 0.2) is 0 Å². The first-order chi connectivity index (χ1) is 8.16. The maximum Gasteiger partial charge on any atom is 0.306 e. The molecule has 1 aliphatic rings. The van der Waals surface area contributed by atoms with Gasteiger partial charge in [-0.05, 0) is 25.3 Å². The van der Waals surface area contributed by atoms with Crippen molar-refractivity contribution in [1.82, 2.24) is 20.3 Å². The highest BCUT2D eigenvalue weighted by Crippen LogP contribution is 2.31. The largest absolute Gasteiger partial charge is 0.481 e. The molecule has 1 fully saturated rings. The van der Waals surface area contributed by atoms with E-state index in [0.717, 1.165) is 31.5 Å². The first-order valence-electron chi connectivity index (χ1n) is 5.95. The summed E-state index contributed by atoms with van der Waals surface area (Å²) in [6, 6.07) is 0. The summed E-state index contributed by atoms with van der Waals surface area (Å²) < 4.78 is 1.66. The topological polar surface area (TPSA) is 80.0 Å². The number of nitrogens with one attached hydrogen (secondary N) is 1. The lowest BCUT2D eigenvalue weighted by atomic mass is 9.96. The Hall–Kier alpha value is -1.43. The van der Waals surface area contributed by atoms with E-state index in [2.05, 4.69) is 15.6 Å². The van der Waals surface area contributed by atoms with Crippen molar-refractivity contribution in [3.63, 3.8) is 0 Å². The van der Waals surface area contributed by atoms with E-state index in [1.807, 2.05) is 13.2 Å². The van der Waals surface area contributed by atoms with Crippen molar-refractivity contribution in [1.29, 1.82) is 0 Å². The standard InChI is InChI=1S/C11H18N4O2/c1-15-7-9(13-14-15)6-12-5-8-3-2-4-10(8)11(16)17/h7-8,10,12H,2-6H2,1H3,(H,16,17). The van der Waals surface area contributed by atoms with Crippen LogP contribution in [-0.4, -0.2) is 32.6 Å². The van der Waals surface area contributed by atoms with Gasteiger partial charge in [-0.2, -0.15) is 0 Å². The molecular weight excluding hydrogens is 220 g/mol. The molecule has 6 nitrogen and oxygen atoms in total. The first-order valence-corrected chi connectivity index (χ1v) is 5.95. The van der Waals surface area contributed by atoms with Crippen LogP contribution >= 0.6 is 0 Å². The number of aliphatic carboxylic acids is 1. The third kappa shape index (κ3) is 3.03. The van der Waals surface area contributed by atoms with Crippen molar-refractivity contribution in [3.05, 3.63) is 11.9 Å². The summed E-state index contributed by atoms with van der Waals surface area (Å²) in [5.41, 5.74) is 0.886. The fraction of sp³-hybridized carbons (Fsp3) is 0.727. The van der Waals surface area contributed by atoms with E-state index in [1.165, 1.54) is 0 Å². The van der Waals surface area contributed by atoms with E-state index in [1.54, 1.807) is 4.68 Å². The molecule has 1 aromatic rings. The van der Waals surface area contributed by atoms with Gasteiger partial charge in [0.2, 0.25) is 0 Å². The molecule has 0 radical (unpaired) electrons. The number of rotatable bonds is 5. The van der Waals surface area contributed by atoms with Gasteiger partial charge in [-0.15, -0.1) is 5.10 Å². The molecule has 0 aliphatic heterocycles. The van der Waals surface area contributed by atoms with Crippen LogP contribution in [0.1, 0.15) is 25.0 Å². The predicted octanol–water partition coefficient (Wildman–Crippen LogP) is 0.406. The molecule has 1 saturated carbocycles. The number of carboxylic acids is 1. The zero-order valence-corrected chi connectivity index (χ0v) is 9.96. The second-order valence-corrected chi connectivity index (χ2v) is 4.65. The molecule has 0 amide bonds. The van der Waals surface area contributed by atoms with Crippen LogP contribution in [0.4, 0.5) is 0 Å². The van der Waals surface area contributed by atoms with Crippen LogP contribution in [0.5, 0.6) is 0 Å². The molecule has 6 heteroatoms. The van der Waals surface area contributed by atoms with E-state index < -0.39 is 5.97 Å². The van der Waals surface area contributed by atoms with Gasteiger partial charge < -0.3 is 10.4 Å². The number of carboxylic acid groups (broad SMARTS) is 1. The zero-order valence-electron chi connectivity index (χ0n) is 9.96. The molecule has 0 saturated heterocycles. The second kappa shape index (κ2) is 5.27. The zero-order chi connectivity index (χ0) is 12.3. The molecular formula is C11H18N4O2. The second-order valence-electron chi connectivity index (χ2n) is 4.65. The van der Waals surface area contributed by atoms with Gasteiger partial charge in [-0.1, -0.05) is 11.6 Å². The number of nitrogens with zero attached hydrogens (tertiary/aromatic N) is 3. The summed E-state index contributed by atoms with van der Waals surface area (Å²) in [7, 11) is 1.83. The van der Waals surface area contributed by atoms with Gasteiger partial charge in [0.1, 0.15) is 0 Å². The maximum absolute atomic E-state index is 11.0. The number of hydrogen-bond acceptors (Lipinski definition) is 4. The number of hydrogen-bond donors (Lipinski definition) is 2. The summed E-state index contributed by atoms with van der Waals surface area (Å²) in [6.45, 7) is 1.39. The van der Waals surface area contributed by atoms with Gasteiger partial charge in [-0.25, -0.2) is 0 Å². The molecule has 94 valence electrons. The molecule has 17 heavy (non-hydrogen) atoms. The Balaban J connectivity index is 1.76. The van der Waals surface area contributed by atoms with Crippen LogP contribution < -0.4 is 5.32 Å². The highest BCUT2D eigenvalue weighted by atomic mass is 16.4. The molecule has 2 N–H and O–H groups in total. The predicted molar refractivity (Wildman–Crippen MR) is 61.2 cm³/mol. The molecule has 1 aliphatic carbocycles. The van der Waals surface area contributed by atoms with Crippen molar-refractivity contribution >= 4 is 5.97 Å². The van der Waals surface area contributed by atoms with E-state index in [9.17, 15) is 4.79 Å². The summed E-state index contributed by atoms with van der Waals surface area (Å²) in [5.74, 6) is -0.581. The molecule has 0 aromatic carbocycles. The third-order valence-corrected chi connectivity index (χ3v) is 3.34. The molecule has 1 heterocycles. The molecule has 2 atom stereocenters. The van der Waals surface area contributed by atoms with E-state index >= 15 is 0 Å². The molecule has 1 aromatic heterocycles. The van der Waals surface area contributed by atoms with E-state index in [0.29, 0.717) is 6.54 Å². The van der Waals surface area contributed by atoms with Crippen molar-refractivity contribution in [2.45, 2.75) is 25.8 Å². The number of aryl methyl sites for hydroxylation is 1. The van der Waals surface area contributed by atoms with Crippen LogP contribution in [-0.2, 0) is 18.4 Å². The fourth-order valence-electron chi connectivity index (χ4n) is 2.47. The van der Waals surface area contributed by atoms with Gasteiger partial charge in [-0.3, -0.25) is 9.48 Å². The molecule has 0 bridgehead atoms. The van der Waals surface area contributed by atoms with Gasteiger partial charge in [0, 0.05) is 19.8 Å². The minimum Gasteiger partial charge on any atom is -0.481 e. The molecule has 2 rings (SSSR count). The van der Waals surface area contributed by atoms with E-state index in [-0.39, 0.29) is 11.8 Å². The van der Waals surface area contributed by atoms with Crippen molar-refractivity contribution in [3.8, 4) is 0 Å². The Morgan fingerprint density at radius 1 is 1.65 bits per heavy atom. The third-order valence-electron chi connectivity index (χ3n) is 3.34. The van der Waals surface area contributed by atoms with Crippen LogP contribution in [0, 0.1) is 11.8 Å². The highest BCUT2D eigenvalue weighted by Gasteiger charge is 2.32. The van der Waals surface area contributed by atoms with Crippen molar-refractivity contribution < 1.29 is 9.90 Å². The van der Waals surface area contributed by atoms with Crippen LogP contribution in [0.2, 0.25) is 0 Å². The van der Waals surface area contributed by atoms with Gasteiger partial charge >= 0.3 is 5.97 Å². The van der Waals surface area contributed by atoms with Crippen molar-refractivity contribution in [2.24, 2.45) is 18.9 Å². The quantitative estimate of drug-likeness (QED) is 0.776. The Labute approximate surface area is 100 Å². The van der Waals surface area contributed by atoms with Crippen LogP contribution in [0.15, 0.2) is 6.20 Å². The lowest BCUT2D eigenvalue weighted by molar-refractivity contribution is -0.142. The normalized spacial score (nSPS) is 24.1. The average molecular weight is 238 g/mol. The highest BCUT2D eigenvalue weighted by molar-refractivity contribution is 5.70. The number of carbonyl (C=O) groups is 1. The SMILES string of the molecule is Cn1cc(CNCC2CCCC2C(=O)O)nn1. The first kappa shape index (κ1) is 12.0. The Morgan fingerprint density at radius 2 is 2.47 bits per heavy atom. The van der Waals surface area contributed by atoms with E-state index in [4.69, 9.17) is 5.11 Å². The summed E-state index contributed by atoms with van der Waals surface area (Å²) in [5, 5.41) is 20.1. The fourth-order valence-corrected chi connectivity index (χ4v) is 2.47. The number of aromatic nitrogens is 3. The minimum atomic E-state index is -0.659. The average Bonchev–Trinajstić information content (AvgIpc) is 2.87. The van der Waals surface area contributed by atoms with Crippen LogP contribution in [0.3, 0.4) is 0 Å². The van der Waals surface area contributed by atoms with Gasteiger partial charge in [0.05, 0.1) is 11.6 Å². The maximum atomic E-state index is 11.0. The molecule has 0 spiro atoms. The Morgan fingerprint density at radius 3 is 3.12 bits per heavy atom. The minimum absolute atomic E-state index is 0.177. The lowest BCUT2D eigenvalue weighted by Gasteiger charge is -2.15. The summed E-state index contributed by atoms with van der Waals surface area (Å²) in [6.07, 6.45) is 4.70. The Kier molecular flexibility index (Phi) is 3.73. The lowest BCUT2D eigenvalue weighted by Crippen LogP contribution is -2.28. The van der Waals surface area contributed by atoms with Crippen molar-refractivity contribution in [2.75, 3.05) is 6.54 Å². The smallest absolute Gasteiger partial charge is 0.306 e. The molecule has 2 unspecified atom stereocenters. The summed E-state index contributed by atoms with van der Waals surface area (Å²) in [4.78, 5) is 11.0. The van der Waals surface area contributed by atoms with Crippen LogP contribution in [0.25, 0.3) is 0 Å².